The Morgan fingerprint density at radius 2 is 0.688 bits per heavy atom. The molecular weight excluding hydrogens is 319 g/mol. The van der Waals surface area contributed by atoms with E-state index in [0.29, 0.717) is 0 Å². The zero-order chi connectivity index (χ0) is 12.7. The molecule has 0 aliphatic carbocycles. The summed E-state index contributed by atoms with van der Waals surface area (Å²) in [6, 6.07) is 0. The van der Waals surface area contributed by atoms with Crippen LogP contribution >= 0.6 is 0 Å². The van der Waals surface area contributed by atoms with E-state index in [2.05, 4.69) is 0 Å². The summed E-state index contributed by atoms with van der Waals surface area (Å²) < 4.78 is 115. The van der Waals surface area contributed by atoms with Crippen LogP contribution in [0.3, 0.4) is 0 Å². The van der Waals surface area contributed by atoms with E-state index in [0.717, 1.165) is 0 Å². The summed E-state index contributed by atoms with van der Waals surface area (Å²) in [4.78, 5) is 0. The van der Waals surface area contributed by atoms with Gasteiger partial charge in [0, 0.05) is 19.5 Å². The van der Waals surface area contributed by atoms with Gasteiger partial charge < -0.3 is 0 Å². The zero-order valence-electron chi connectivity index (χ0n) is 6.89. The van der Waals surface area contributed by atoms with Crippen LogP contribution in [0.4, 0.5) is 43.9 Å². The van der Waals surface area contributed by atoms with Crippen LogP contribution in [0.5, 0.6) is 0 Å². The Bertz CT molecular complexity index is 204. The Balaban J connectivity index is 0. The van der Waals surface area contributed by atoms with E-state index in [9.17, 15) is 43.9 Å². The molecule has 0 aromatic rings. The van der Waals surface area contributed by atoms with Gasteiger partial charge in [0.05, 0.1) is 0 Å². The standard InChI is InChI=1S/C4F10O.Zn/c5-1(6,7)3(11,12)15-4(13,14)2(8,9)10;. The van der Waals surface area contributed by atoms with Crippen molar-refractivity contribution in [3.8, 4) is 0 Å². The molecule has 0 fully saturated rings. The van der Waals surface area contributed by atoms with Gasteiger partial charge in [-0.1, -0.05) is 0 Å². The Hall–Kier alpha value is -0.117. The van der Waals surface area contributed by atoms with Crippen LogP contribution in [0.15, 0.2) is 0 Å². The predicted molar refractivity (Wildman–Crippen MR) is 23.1 cm³/mol. The Morgan fingerprint density at radius 3 is 0.812 bits per heavy atom. The summed E-state index contributed by atoms with van der Waals surface area (Å²) in [5.74, 6) is 0. The summed E-state index contributed by atoms with van der Waals surface area (Å²) >= 11 is 0. The third kappa shape index (κ3) is 4.04. The van der Waals surface area contributed by atoms with Crippen molar-refractivity contribution >= 4 is 0 Å². The largest absolute Gasteiger partial charge is 0.483 e. The molecule has 0 bridgehead atoms. The maximum Gasteiger partial charge on any atom is 0.483 e. The molecule has 16 heavy (non-hydrogen) atoms. The summed E-state index contributed by atoms with van der Waals surface area (Å²) in [6.07, 6.45) is -26.5. The minimum absolute atomic E-state index is 0. The molecule has 0 amide bonds. The first-order valence-electron chi connectivity index (χ1n) is 2.80. The molecule has 0 aromatic carbocycles. The van der Waals surface area contributed by atoms with Crippen LogP contribution in [0.1, 0.15) is 0 Å². The van der Waals surface area contributed by atoms with Gasteiger partial charge in [0.15, 0.2) is 0 Å². The average molecular weight is 319 g/mol. The number of halogens is 10. The van der Waals surface area contributed by atoms with Crippen molar-refractivity contribution in [1.82, 2.24) is 0 Å². The molecular formula is C4F10OZn. The van der Waals surface area contributed by atoms with Crippen LogP contribution in [0, 0.1) is 0 Å². The second kappa shape index (κ2) is 4.63. The van der Waals surface area contributed by atoms with Crippen molar-refractivity contribution in [2.45, 2.75) is 24.6 Å². The second-order valence-corrected chi connectivity index (χ2v) is 2.13. The van der Waals surface area contributed by atoms with E-state index < -0.39 is 24.6 Å². The topological polar surface area (TPSA) is 9.23 Å². The molecule has 0 aromatic heterocycles. The van der Waals surface area contributed by atoms with Crippen LogP contribution < -0.4 is 0 Å². The Morgan fingerprint density at radius 1 is 0.500 bits per heavy atom. The van der Waals surface area contributed by atoms with E-state index >= 15 is 0 Å². The van der Waals surface area contributed by atoms with E-state index in [4.69, 9.17) is 0 Å². The smallest absolute Gasteiger partial charge is 0.240 e. The van der Waals surface area contributed by atoms with Gasteiger partial charge >= 0.3 is 24.6 Å². The van der Waals surface area contributed by atoms with Crippen molar-refractivity contribution in [2.24, 2.45) is 0 Å². The molecule has 94 valence electrons. The van der Waals surface area contributed by atoms with Crippen molar-refractivity contribution in [1.29, 1.82) is 0 Å². The van der Waals surface area contributed by atoms with Gasteiger partial charge in [-0.25, -0.2) is 4.74 Å². The zero-order valence-corrected chi connectivity index (χ0v) is 9.86. The third-order valence-electron chi connectivity index (χ3n) is 0.916. The quantitative estimate of drug-likeness (QED) is 0.560. The maximum absolute atomic E-state index is 11.6. The van der Waals surface area contributed by atoms with Crippen LogP contribution in [-0.2, 0) is 24.2 Å². The molecule has 0 rings (SSSR count). The minimum Gasteiger partial charge on any atom is -0.240 e. The summed E-state index contributed by atoms with van der Waals surface area (Å²) in [6.45, 7) is 0. The SMILES string of the molecule is FC(F)(F)C(F)(F)OC(F)(F)C(F)(F)F.[Zn]. The van der Waals surface area contributed by atoms with Gasteiger partial charge in [-0.05, 0) is 0 Å². The van der Waals surface area contributed by atoms with Gasteiger partial charge in [-0.3, -0.25) is 0 Å². The van der Waals surface area contributed by atoms with E-state index in [1.807, 2.05) is 0 Å². The molecule has 0 atom stereocenters. The van der Waals surface area contributed by atoms with Crippen molar-refractivity contribution in [3.05, 3.63) is 0 Å². The third-order valence-corrected chi connectivity index (χ3v) is 0.916. The summed E-state index contributed by atoms with van der Waals surface area (Å²) in [5.41, 5.74) is 0. The number of hydrogen-bond donors (Lipinski definition) is 0. The van der Waals surface area contributed by atoms with Crippen LogP contribution in [-0.4, -0.2) is 24.6 Å². The van der Waals surface area contributed by atoms with Gasteiger partial charge in [-0.2, -0.15) is 43.9 Å². The molecule has 0 aliphatic rings. The molecule has 0 saturated heterocycles. The molecule has 0 heterocycles. The van der Waals surface area contributed by atoms with E-state index in [1.54, 1.807) is 0 Å². The fourth-order valence-corrected chi connectivity index (χ4v) is 0.277. The minimum atomic E-state index is -6.66. The molecule has 0 radical (unpaired) electrons. The fourth-order valence-electron chi connectivity index (χ4n) is 0.277. The molecule has 0 aliphatic heterocycles. The molecule has 0 unspecified atom stereocenters. The number of hydrogen-bond acceptors (Lipinski definition) is 1. The number of rotatable bonds is 2. The Labute approximate surface area is 93.5 Å². The van der Waals surface area contributed by atoms with Crippen LogP contribution in [0.25, 0.3) is 0 Å². The first-order chi connectivity index (χ1) is 6.21. The monoisotopic (exact) mass is 318 g/mol. The van der Waals surface area contributed by atoms with Crippen LogP contribution in [0.2, 0.25) is 0 Å². The molecule has 12 heteroatoms. The second-order valence-electron chi connectivity index (χ2n) is 2.13. The van der Waals surface area contributed by atoms with Crippen molar-refractivity contribution in [3.63, 3.8) is 0 Å². The Kier molecular flexibility index (Phi) is 5.29. The van der Waals surface area contributed by atoms with E-state index in [1.165, 1.54) is 4.74 Å². The van der Waals surface area contributed by atoms with Gasteiger partial charge in [0.2, 0.25) is 0 Å². The van der Waals surface area contributed by atoms with Gasteiger partial charge in [0.1, 0.15) is 0 Å². The summed E-state index contributed by atoms with van der Waals surface area (Å²) in [7, 11) is 0. The van der Waals surface area contributed by atoms with Crippen molar-refractivity contribution < 1.29 is 68.1 Å². The first-order valence-corrected chi connectivity index (χ1v) is 2.80. The molecule has 0 spiro atoms. The van der Waals surface area contributed by atoms with E-state index in [-0.39, 0.29) is 19.5 Å². The van der Waals surface area contributed by atoms with Gasteiger partial charge in [-0.15, -0.1) is 0 Å². The first kappa shape index (κ1) is 18.3. The maximum atomic E-state index is 11.6. The molecule has 1 nitrogen and oxygen atoms in total. The van der Waals surface area contributed by atoms with Crippen molar-refractivity contribution in [2.75, 3.05) is 0 Å². The average Bonchev–Trinajstić information content (AvgIpc) is 1.77. The molecule has 0 saturated carbocycles. The number of ether oxygens (including phenoxy) is 1. The normalized spacial score (nSPS) is 14.6. The fraction of sp³-hybridized carbons (Fsp3) is 1.00. The summed E-state index contributed by atoms with van der Waals surface area (Å²) in [5, 5.41) is 0. The van der Waals surface area contributed by atoms with Gasteiger partial charge in [0.25, 0.3) is 0 Å². The predicted octanol–water partition coefficient (Wildman–Crippen LogP) is 3.31. The molecule has 0 N–H and O–H groups in total. The number of alkyl halides is 10.